The Hall–Kier alpha value is -2.43. The highest BCUT2D eigenvalue weighted by Crippen LogP contribution is 2.38. The van der Waals surface area contributed by atoms with Gasteiger partial charge < -0.3 is 29.6 Å². The van der Waals surface area contributed by atoms with Gasteiger partial charge in [0.25, 0.3) is 0 Å². The number of aryl methyl sites for hydroxylation is 1. The Balaban J connectivity index is 1.48. The third-order valence-electron chi connectivity index (χ3n) is 9.10. The lowest BCUT2D eigenvalue weighted by molar-refractivity contribution is -0.139. The van der Waals surface area contributed by atoms with Crippen LogP contribution in [0.5, 0.6) is 0 Å². The average molecular weight is 570 g/mol. The van der Waals surface area contributed by atoms with Crippen molar-refractivity contribution in [1.82, 2.24) is 15.5 Å². The number of nitrogens with zero attached hydrogens (tertiary/aromatic N) is 1. The van der Waals surface area contributed by atoms with Crippen molar-refractivity contribution >= 4 is 24.8 Å². The van der Waals surface area contributed by atoms with E-state index in [1.807, 2.05) is 45.9 Å². The van der Waals surface area contributed by atoms with Crippen LogP contribution in [0.15, 0.2) is 30.3 Å². The first-order chi connectivity index (χ1) is 19.6. The van der Waals surface area contributed by atoms with E-state index in [9.17, 15) is 14.4 Å². The molecule has 2 N–H and O–H groups in total. The molecule has 0 aromatic heterocycles. The van der Waals surface area contributed by atoms with Gasteiger partial charge in [0.15, 0.2) is 0 Å². The van der Waals surface area contributed by atoms with Gasteiger partial charge in [-0.15, -0.1) is 0 Å². The zero-order chi connectivity index (χ0) is 29.5. The van der Waals surface area contributed by atoms with E-state index in [0.717, 1.165) is 44.9 Å². The Labute approximate surface area is 245 Å². The third-order valence-corrected chi connectivity index (χ3v) is 9.10. The van der Waals surface area contributed by atoms with E-state index < -0.39 is 30.3 Å². The molecule has 1 aromatic carbocycles. The fourth-order valence-corrected chi connectivity index (χ4v) is 5.76. The standard InChI is InChI=1S/C31H48BN3O6/c1-30(2)31(3,4)41-32(40-30)26(17-11-14-23-12-7-5-8-13-23)34-29(38)25(22-27(36)35-18-20-39-21-19-35)33-28(37)24-15-9-6-10-16-24/h5,7-8,12-13,24-26H,6,9-11,14-22H2,1-4H3,(H,33,37)(H,34,38)/t25?,26-/m0/s1. The number of rotatable bonds is 11. The number of hydrogen-bond acceptors (Lipinski definition) is 6. The fraction of sp³-hybridized carbons (Fsp3) is 0.710. The normalized spacial score (nSPS) is 22.1. The second kappa shape index (κ2) is 14.2. The van der Waals surface area contributed by atoms with Crippen LogP contribution >= 0.6 is 0 Å². The first kappa shape index (κ1) is 31.5. The van der Waals surface area contributed by atoms with Crippen LogP contribution < -0.4 is 10.6 Å². The van der Waals surface area contributed by atoms with Crippen LogP contribution in [-0.4, -0.2) is 79.2 Å². The molecule has 1 aromatic rings. The molecule has 1 saturated carbocycles. The van der Waals surface area contributed by atoms with Crippen LogP contribution in [0.25, 0.3) is 0 Å². The van der Waals surface area contributed by atoms with Crippen molar-refractivity contribution in [1.29, 1.82) is 0 Å². The number of morpholine rings is 1. The number of nitrogens with one attached hydrogen (secondary N) is 2. The molecule has 3 fully saturated rings. The predicted octanol–water partition coefficient (Wildman–Crippen LogP) is 3.44. The molecule has 2 saturated heterocycles. The van der Waals surface area contributed by atoms with E-state index >= 15 is 0 Å². The van der Waals surface area contributed by atoms with Crippen molar-refractivity contribution in [2.45, 2.75) is 109 Å². The van der Waals surface area contributed by atoms with E-state index in [1.165, 1.54) is 5.56 Å². The summed E-state index contributed by atoms with van der Waals surface area (Å²) in [4.78, 5) is 42.0. The fourth-order valence-electron chi connectivity index (χ4n) is 5.76. The number of ether oxygens (including phenoxy) is 1. The average Bonchev–Trinajstić information content (AvgIpc) is 3.19. The molecule has 3 amide bonds. The lowest BCUT2D eigenvalue weighted by Crippen LogP contribution is -2.56. The smallest absolute Gasteiger partial charge is 0.402 e. The molecule has 2 heterocycles. The van der Waals surface area contributed by atoms with Crippen molar-refractivity contribution < 1.29 is 28.4 Å². The van der Waals surface area contributed by atoms with Gasteiger partial charge in [-0.3, -0.25) is 14.4 Å². The molecule has 3 aliphatic rings. The number of benzene rings is 1. The molecule has 10 heteroatoms. The van der Waals surface area contributed by atoms with Gasteiger partial charge in [0.05, 0.1) is 36.8 Å². The first-order valence-electron chi connectivity index (χ1n) is 15.4. The number of carbonyl (C=O) groups is 3. The number of hydrogen-bond donors (Lipinski definition) is 2. The lowest BCUT2D eigenvalue weighted by atomic mass is 9.75. The van der Waals surface area contributed by atoms with E-state index in [1.54, 1.807) is 4.90 Å². The van der Waals surface area contributed by atoms with Gasteiger partial charge in [0.2, 0.25) is 17.7 Å². The van der Waals surface area contributed by atoms with Gasteiger partial charge in [0, 0.05) is 19.0 Å². The van der Waals surface area contributed by atoms with Crippen LogP contribution in [0.2, 0.25) is 0 Å². The molecule has 0 radical (unpaired) electrons. The van der Waals surface area contributed by atoms with Gasteiger partial charge in [-0.25, -0.2) is 0 Å². The summed E-state index contributed by atoms with van der Waals surface area (Å²) in [5, 5.41) is 6.09. The van der Waals surface area contributed by atoms with Gasteiger partial charge >= 0.3 is 7.12 Å². The number of carbonyl (C=O) groups excluding carboxylic acids is 3. The molecule has 2 atom stereocenters. The highest BCUT2D eigenvalue weighted by Gasteiger charge is 2.54. The second-order valence-corrected chi connectivity index (χ2v) is 12.7. The van der Waals surface area contributed by atoms with Crippen molar-refractivity contribution in [2.75, 3.05) is 26.3 Å². The zero-order valence-electron chi connectivity index (χ0n) is 25.3. The van der Waals surface area contributed by atoms with Crippen molar-refractivity contribution in [3.63, 3.8) is 0 Å². The topological polar surface area (TPSA) is 106 Å². The molecule has 1 aliphatic carbocycles. The lowest BCUT2D eigenvalue weighted by Gasteiger charge is -2.32. The molecular formula is C31H48BN3O6. The second-order valence-electron chi connectivity index (χ2n) is 12.7. The Kier molecular flexibility index (Phi) is 10.9. The zero-order valence-corrected chi connectivity index (χ0v) is 25.3. The van der Waals surface area contributed by atoms with Crippen LogP contribution in [0, 0.1) is 5.92 Å². The summed E-state index contributed by atoms with van der Waals surface area (Å²) >= 11 is 0. The molecule has 0 bridgehead atoms. The SMILES string of the molecule is CC1(C)OB([C@H](CCCc2ccccc2)NC(=O)C(CC(=O)N2CCOCC2)NC(=O)C2CCCCC2)OC1(C)C. The Morgan fingerprint density at radius 3 is 2.22 bits per heavy atom. The molecule has 2 aliphatic heterocycles. The van der Waals surface area contributed by atoms with E-state index in [4.69, 9.17) is 14.0 Å². The van der Waals surface area contributed by atoms with Crippen molar-refractivity contribution in [2.24, 2.45) is 5.92 Å². The van der Waals surface area contributed by atoms with E-state index in [2.05, 4.69) is 22.8 Å². The minimum Gasteiger partial charge on any atom is -0.402 e. The highest BCUT2D eigenvalue weighted by molar-refractivity contribution is 6.48. The van der Waals surface area contributed by atoms with Crippen LogP contribution in [0.3, 0.4) is 0 Å². The Morgan fingerprint density at radius 1 is 0.951 bits per heavy atom. The number of amides is 3. The molecule has 1 unspecified atom stereocenters. The summed E-state index contributed by atoms with van der Waals surface area (Å²) in [5.41, 5.74) is 0.113. The predicted molar refractivity (Wildman–Crippen MR) is 158 cm³/mol. The van der Waals surface area contributed by atoms with E-state index in [-0.39, 0.29) is 30.1 Å². The van der Waals surface area contributed by atoms with Crippen LogP contribution in [0.4, 0.5) is 0 Å². The molecular weight excluding hydrogens is 521 g/mol. The van der Waals surface area contributed by atoms with Gasteiger partial charge in [-0.1, -0.05) is 49.6 Å². The molecule has 4 rings (SSSR count). The quantitative estimate of drug-likeness (QED) is 0.396. The molecule has 226 valence electrons. The minimum absolute atomic E-state index is 0.0929. The monoisotopic (exact) mass is 569 g/mol. The summed E-state index contributed by atoms with van der Waals surface area (Å²) in [5.74, 6) is -1.25. The maximum Gasteiger partial charge on any atom is 0.481 e. The summed E-state index contributed by atoms with van der Waals surface area (Å²) in [6, 6.07) is 9.25. The Morgan fingerprint density at radius 2 is 1.59 bits per heavy atom. The summed E-state index contributed by atoms with van der Waals surface area (Å²) in [6.45, 7) is 9.88. The highest BCUT2D eigenvalue weighted by atomic mass is 16.7. The van der Waals surface area contributed by atoms with Gasteiger partial charge in [-0.05, 0) is 65.4 Å². The minimum atomic E-state index is -0.973. The van der Waals surface area contributed by atoms with Crippen molar-refractivity contribution in [3.05, 3.63) is 35.9 Å². The summed E-state index contributed by atoms with van der Waals surface area (Å²) < 4.78 is 18.1. The molecule has 9 nitrogen and oxygen atoms in total. The maximum absolute atomic E-state index is 13.9. The van der Waals surface area contributed by atoms with E-state index in [0.29, 0.717) is 32.7 Å². The van der Waals surface area contributed by atoms with Crippen LogP contribution in [-0.2, 0) is 34.9 Å². The first-order valence-corrected chi connectivity index (χ1v) is 15.4. The van der Waals surface area contributed by atoms with Gasteiger partial charge in [0.1, 0.15) is 6.04 Å². The molecule has 0 spiro atoms. The summed E-state index contributed by atoms with van der Waals surface area (Å²) in [7, 11) is -0.649. The van der Waals surface area contributed by atoms with Crippen LogP contribution in [0.1, 0.15) is 84.6 Å². The van der Waals surface area contributed by atoms with Crippen molar-refractivity contribution in [3.8, 4) is 0 Å². The third kappa shape index (κ3) is 8.55. The summed E-state index contributed by atoms with van der Waals surface area (Å²) in [6.07, 6.45) is 6.96. The molecule has 41 heavy (non-hydrogen) atoms. The van der Waals surface area contributed by atoms with Gasteiger partial charge in [-0.2, -0.15) is 0 Å². The largest absolute Gasteiger partial charge is 0.481 e. The maximum atomic E-state index is 13.9. The Bertz CT molecular complexity index is 976.